The maximum Gasteiger partial charge on any atom is 0.243 e. The summed E-state index contributed by atoms with van der Waals surface area (Å²) in [5.41, 5.74) is 1.88. The summed E-state index contributed by atoms with van der Waals surface area (Å²) < 4.78 is 32.3. The van der Waals surface area contributed by atoms with Crippen LogP contribution in [0.1, 0.15) is 39.2 Å². The van der Waals surface area contributed by atoms with Crippen molar-refractivity contribution in [1.29, 1.82) is 0 Å². The van der Waals surface area contributed by atoms with Crippen molar-refractivity contribution in [2.45, 2.75) is 44.9 Å². The number of likely N-dealkylation sites (N-methyl/N-ethyl adjacent to an activating group) is 1. The summed E-state index contributed by atoms with van der Waals surface area (Å²) in [4.78, 5) is 12.6. The Balaban J connectivity index is 2.02. The van der Waals surface area contributed by atoms with Gasteiger partial charge in [0.2, 0.25) is 15.9 Å². The van der Waals surface area contributed by atoms with Crippen LogP contribution in [0, 0.1) is 0 Å². The van der Waals surface area contributed by atoms with Crippen LogP contribution in [0.25, 0.3) is 0 Å². The predicted octanol–water partition coefficient (Wildman–Crippen LogP) is 4.08. The average molecular weight is 419 g/mol. The molecule has 1 amide bonds. The first-order chi connectivity index (χ1) is 13.9. The second-order valence-electron chi connectivity index (χ2n) is 6.68. The first-order valence-corrected chi connectivity index (χ1v) is 11.5. The standard InChI is InChI=1S/C22H30N2O4S/c1-4-7-8-18-9-11-19(12-10-18)23-22(25)17-24(5-2)29(26,27)21-15-13-20(14-16-21)28-6-3/h9-16H,4-8,17H2,1-3H3,(H,23,25). The molecule has 0 saturated carbocycles. The molecule has 0 aliphatic carbocycles. The number of benzene rings is 2. The highest BCUT2D eigenvalue weighted by atomic mass is 32.2. The molecule has 158 valence electrons. The van der Waals surface area contributed by atoms with Gasteiger partial charge in [-0.2, -0.15) is 4.31 Å². The second kappa shape index (κ2) is 11.0. The monoisotopic (exact) mass is 418 g/mol. The lowest BCUT2D eigenvalue weighted by atomic mass is 10.1. The fourth-order valence-corrected chi connectivity index (χ4v) is 4.29. The zero-order chi connectivity index (χ0) is 21.3. The Morgan fingerprint density at radius 2 is 1.66 bits per heavy atom. The number of anilines is 1. The number of carbonyl (C=O) groups excluding carboxylic acids is 1. The molecule has 2 rings (SSSR count). The Hall–Kier alpha value is -2.38. The van der Waals surface area contributed by atoms with Gasteiger partial charge in [-0.05, 0) is 61.7 Å². The smallest absolute Gasteiger partial charge is 0.243 e. The third-order valence-corrected chi connectivity index (χ3v) is 6.44. The normalized spacial score (nSPS) is 11.4. The van der Waals surface area contributed by atoms with Gasteiger partial charge in [0.05, 0.1) is 18.0 Å². The van der Waals surface area contributed by atoms with Crippen LogP contribution < -0.4 is 10.1 Å². The average Bonchev–Trinajstić information content (AvgIpc) is 2.72. The molecule has 0 atom stereocenters. The molecule has 7 heteroatoms. The van der Waals surface area contributed by atoms with Crippen LogP contribution in [0.5, 0.6) is 5.75 Å². The summed E-state index contributed by atoms with van der Waals surface area (Å²) in [6.07, 6.45) is 3.27. The van der Waals surface area contributed by atoms with Crippen LogP contribution in [-0.4, -0.2) is 38.3 Å². The lowest BCUT2D eigenvalue weighted by Crippen LogP contribution is -2.37. The number of carbonyl (C=O) groups is 1. The number of sulfonamides is 1. The van der Waals surface area contributed by atoms with E-state index < -0.39 is 10.0 Å². The van der Waals surface area contributed by atoms with Crippen molar-refractivity contribution >= 4 is 21.6 Å². The van der Waals surface area contributed by atoms with Crippen LogP contribution >= 0.6 is 0 Å². The number of unbranched alkanes of at least 4 members (excludes halogenated alkanes) is 1. The lowest BCUT2D eigenvalue weighted by molar-refractivity contribution is -0.116. The molecule has 0 bridgehead atoms. The maximum absolute atomic E-state index is 12.9. The molecule has 0 unspecified atom stereocenters. The summed E-state index contributed by atoms with van der Waals surface area (Å²) in [5, 5.41) is 2.77. The first kappa shape index (κ1) is 22.9. The summed E-state index contributed by atoms with van der Waals surface area (Å²) in [6, 6.07) is 13.9. The highest BCUT2D eigenvalue weighted by Crippen LogP contribution is 2.20. The van der Waals surface area contributed by atoms with Crippen LogP contribution in [0.4, 0.5) is 5.69 Å². The number of ether oxygens (including phenoxy) is 1. The molecule has 0 aromatic heterocycles. The van der Waals surface area contributed by atoms with E-state index >= 15 is 0 Å². The van der Waals surface area contributed by atoms with E-state index in [4.69, 9.17) is 4.74 Å². The van der Waals surface area contributed by atoms with Crippen molar-refractivity contribution in [3.63, 3.8) is 0 Å². The van der Waals surface area contributed by atoms with Crippen molar-refractivity contribution in [1.82, 2.24) is 4.31 Å². The van der Waals surface area contributed by atoms with Gasteiger partial charge in [-0.3, -0.25) is 4.79 Å². The highest BCUT2D eigenvalue weighted by molar-refractivity contribution is 7.89. The van der Waals surface area contributed by atoms with Crippen molar-refractivity contribution < 1.29 is 17.9 Å². The molecular weight excluding hydrogens is 388 g/mol. The summed E-state index contributed by atoms with van der Waals surface area (Å²) >= 11 is 0. The van der Waals surface area contributed by atoms with Gasteiger partial charge in [-0.25, -0.2) is 8.42 Å². The van der Waals surface area contributed by atoms with E-state index in [1.165, 1.54) is 17.7 Å². The third kappa shape index (κ3) is 6.58. The topological polar surface area (TPSA) is 75.7 Å². The van der Waals surface area contributed by atoms with Crippen molar-refractivity contribution in [3.8, 4) is 5.75 Å². The van der Waals surface area contributed by atoms with Gasteiger partial charge in [-0.15, -0.1) is 0 Å². The number of nitrogens with one attached hydrogen (secondary N) is 1. The molecule has 0 saturated heterocycles. The minimum Gasteiger partial charge on any atom is -0.494 e. The zero-order valence-corrected chi connectivity index (χ0v) is 18.2. The summed E-state index contributed by atoms with van der Waals surface area (Å²) in [7, 11) is -3.77. The van der Waals surface area contributed by atoms with Gasteiger partial charge in [0.1, 0.15) is 5.75 Å². The molecule has 0 aliphatic heterocycles. The van der Waals surface area contributed by atoms with E-state index in [0.717, 1.165) is 23.6 Å². The van der Waals surface area contributed by atoms with E-state index in [1.54, 1.807) is 19.1 Å². The third-order valence-electron chi connectivity index (χ3n) is 4.50. The quantitative estimate of drug-likeness (QED) is 0.597. The van der Waals surface area contributed by atoms with Crippen LogP contribution in [0.3, 0.4) is 0 Å². The largest absolute Gasteiger partial charge is 0.494 e. The predicted molar refractivity (Wildman–Crippen MR) is 116 cm³/mol. The number of rotatable bonds is 11. The molecule has 29 heavy (non-hydrogen) atoms. The van der Waals surface area contributed by atoms with Crippen LogP contribution in [-0.2, 0) is 21.2 Å². The van der Waals surface area contributed by atoms with E-state index in [1.807, 2.05) is 31.2 Å². The van der Waals surface area contributed by atoms with E-state index in [0.29, 0.717) is 18.0 Å². The number of aryl methyl sites for hydroxylation is 1. The highest BCUT2D eigenvalue weighted by Gasteiger charge is 2.25. The first-order valence-electron chi connectivity index (χ1n) is 10.0. The van der Waals surface area contributed by atoms with Crippen molar-refractivity contribution in [3.05, 3.63) is 54.1 Å². The van der Waals surface area contributed by atoms with Crippen LogP contribution in [0.15, 0.2) is 53.4 Å². The Morgan fingerprint density at radius 3 is 2.21 bits per heavy atom. The minimum absolute atomic E-state index is 0.135. The minimum atomic E-state index is -3.77. The number of hydrogen-bond donors (Lipinski definition) is 1. The second-order valence-corrected chi connectivity index (χ2v) is 8.62. The molecular formula is C22H30N2O4S. The van der Waals surface area contributed by atoms with Gasteiger partial charge >= 0.3 is 0 Å². The molecule has 2 aromatic rings. The molecule has 0 fully saturated rings. The van der Waals surface area contributed by atoms with Gasteiger partial charge in [0.15, 0.2) is 0 Å². The number of amides is 1. The Kier molecular flexibility index (Phi) is 8.67. The molecule has 6 nitrogen and oxygen atoms in total. The summed E-state index contributed by atoms with van der Waals surface area (Å²) in [5.74, 6) is 0.234. The van der Waals surface area contributed by atoms with Crippen molar-refractivity contribution in [2.75, 3.05) is 25.0 Å². The van der Waals surface area contributed by atoms with Crippen LogP contribution in [0.2, 0.25) is 0 Å². The van der Waals surface area contributed by atoms with E-state index in [9.17, 15) is 13.2 Å². The Labute approximate surface area is 173 Å². The van der Waals surface area contributed by atoms with E-state index in [2.05, 4.69) is 12.2 Å². The SMILES string of the molecule is CCCCc1ccc(NC(=O)CN(CC)S(=O)(=O)c2ccc(OCC)cc2)cc1. The number of nitrogens with zero attached hydrogens (tertiary/aromatic N) is 1. The lowest BCUT2D eigenvalue weighted by Gasteiger charge is -2.20. The molecule has 0 spiro atoms. The van der Waals surface area contributed by atoms with Gasteiger partial charge < -0.3 is 10.1 Å². The maximum atomic E-state index is 12.9. The zero-order valence-electron chi connectivity index (χ0n) is 17.3. The van der Waals surface area contributed by atoms with Crippen molar-refractivity contribution in [2.24, 2.45) is 0 Å². The Morgan fingerprint density at radius 1 is 1.00 bits per heavy atom. The summed E-state index contributed by atoms with van der Waals surface area (Å²) in [6.45, 7) is 6.17. The van der Waals surface area contributed by atoms with Gasteiger partial charge in [-0.1, -0.05) is 32.4 Å². The Bertz CT molecular complexity index is 878. The molecule has 0 heterocycles. The number of hydrogen-bond acceptors (Lipinski definition) is 4. The van der Waals surface area contributed by atoms with E-state index in [-0.39, 0.29) is 23.9 Å². The molecule has 0 aliphatic rings. The fourth-order valence-electron chi connectivity index (χ4n) is 2.89. The van der Waals surface area contributed by atoms with Gasteiger partial charge in [0.25, 0.3) is 0 Å². The molecule has 2 aromatic carbocycles. The fraction of sp³-hybridized carbons (Fsp3) is 0.409. The molecule has 0 radical (unpaired) electrons. The molecule has 1 N–H and O–H groups in total. The van der Waals surface area contributed by atoms with Gasteiger partial charge in [0, 0.05) is 12.2 Å².